The van der Waals surface area contributed by atoms with Crippen molar-refractivity contribution in [1.29, 1.82) is 0 Å². The minimum atomic E-state index is -1.13. The summed E-state index contributed by atoms with van der Waals surface area (Å²) in [7, 11) is 0. The second-order valence-electron chi connectivity index (χ2n) is 5.36. The Kier molecular flexibility index (Phi) is 4.59. The van der Waals surface area contributed by atoms with Gasteiger partial charge in [-0.25, -0.2) is 9.48 Å². The van der Waals surface area contributed by atoms with Gasteiger partial charge in [0.1, 0.15) is 12.2 Å². The molecule has 0 aliphatic carbocycles. The maximum atomic E-state index is 12.0. The number of aromatic nitrogens is 6. The highest BCUT2D eigenvalue weighted by Crippen LogP contribution is 2.08. The van der Waals surface area contributed by atoms with Crippen molar-refractivity contribution in [2.75, 3.05) is 5.32 Å². The monoisotopic (exact) mass is 343 g/mol. The Hall–Kier alpha value is -3.43. The van der Waals surface area contributed by atoms with E-state index in [1.54, 1.807) is 17.1 Å². The highest BCUT2D eigenvalue weighted by Gasteiger charge is 2.13. The largest absolute Gasteiger partial charge is 0.477 e. The number of nitrogens with one attached hydrogen (secondary N) is 1. The minimum Gasteiger partial charge on any atom is -0.477 e. The zero-order valence-electron chi connectivity index (χ0n) is 13.5. The first-order chi connectivity index (χ1) is 12.0. The van der Waals surface area contributed by atoms with Gasteiger partial charge in [0, 0.05) is 30.7 Å². The van der Waals surface area contributed by atoms with Gasteiger partial charge in [-0.3, -0.25) is 14.2 Å². The third-order valence-corrected chi connectivity index (χ3v) is 3.50. The number of hydrogen-bond acceptors (Lipinski definition) is 5. The average Bonchev–Trinajstić information content (AvgIpc) is 3.29. The van der Waals surface area contributed by atoms with Crippen molar-refractivity contribution in [1.82, 2.24) is 29.3 Å². The lowest BCUT2D eigenvalue weighted by Gasteiger charge is -2.04. The molecule has 0 saturated carbocycles. The van der Waals surface area contributed by atoms with E-state index in [1.165, 1.54) is 18.5 Å². The van der Waals surface area contributed by atoms with Crippen molar-refractivity contribution < 1.29 is 14.7 Å². The van der Waals surface area contributed by atoms with Crippen LogP contribution in [0.25, 0.3) is 0 Å². The lowest BCUT2D eigenvalue weighted by molar-refractivity contribution is -0.116. The van der Waals surface area contributed by atoms with E-state index >= 15 is 0 Å². The standard InChI is InChI=1S/C15H17N7O3/c1-2-20-7-11(5-17-20)8-21-9-12(6-18-21)19-14(23)10-22-13(15(24)25)3-4-16-22/h3-7,9H,2,8,10H2,1H3,(H,19,23)(H,24,25). The third-order valence-electron chi connectivity index (χ3n) is 3.50. The van der Waals surface area contributed by atoms with E-state index in [2.05, 4.69) is 20.6 Å². The number of hydrogen-bond donors (Lipinski definition) is 2. The fourth-order valence-corrected chi connectivity index (χ4v) is 2.34. The van der Waals surface area contributed by atoms with Crippen LogP contribution >= 0.6 is 0 Å². The molecule has 0 unspecified atom stereocenters. The van der Waals surface area contributed by atoms with E-state index in [4.69, 9.17) is 5.11 Å². The Balaban J connectivity index is 1.59. The highest BCUT2D eigenvalue weighted by atomic mass is 16.4. The van der Waals surface area contributed by atoms with Gasteiger partial charge < -0.3 is 10.4 Å². The molecule has 1 amide bonds. The minimum absolute atomic E-state index is 0.0428. The number of carboxylic acids is 1. The number of aromatic carboxylic acids is 1. The molecule has 3 aromatic heterocycles. The van der Waals surface area contributed by atoms with E-state index in [0.29, 0.717) is 12.2 Å². The summed E-state index contributed by atoms with van der Waals surface area (Å²) >= 11 is 0. The smallest absolute Gasteiger partial charge is 0.354 e. The zero-order valence-corrected chi connectivity index (χ0v) is 13.5. The molecule has 10 heteroatoms. The van der Waals surface area contributed by atoms with Crippen molar-refractivity contribution >= 4 is 17.6 Å². The lowest BCUT2D eigenvalue weighted by Crippen LogP contribution is -2.22. The van der Waals surface area contributed by atoms with Crippen molar-refractivity contribution in [3.8, 4) is 0 Å². The average molecular weight is 343 g/mol. The Bertz CT molecular complexity index is 892. The summed E-state index contributed by atoms with van der Waals surface area (Å²) in [6.07, 6.45) is 8.27. The second-order valence-corrected chi connectivity index (χ2v) is 5.36. The van der Waals surface area contributed by atoms with Gasteiger partial charge in [-0.15, -0.1) is 0 Å². The van der Waals surface area contributed by atoms with Crippen LogP contribution in [0.5, 0.6) is 0 Å². The normalized spacial score (nSPS) is 10.8. The number of amides is 1. The maximum absolute atomic E-state index is 12.0. The van der Waals surface area contributed by atoms with Crippen LogP contribution in [0.15, 0.2) is 37.1 Å². The molecule has 0 fully saturated rings. The Morgan fingerprint density at radius 1 is 1.16 bits per heavy atom. The number of aryl methyl sites for hydroxylation is 1. The van der Waals surface area contributed by atoms with Crippen LogP contribution in [-0.2, 0) is 24.4 Å². The van der Waals surface area contributed by atoms with Crippen molar-refractivity contribution in [2.24, 2.45) is 0 Å². The number of anilines is 1. The molecule has 0 spiro atoms. The number of rotatable bonds is 7. The first kappa shape index (κ1) is 16.4. The van der Waals surface area contributed by atoms with E-state index in [9.17, 15) is 9.59 Å². The molecule has 0 aliphatic heterocycles. The molecule has 3 heterocycles. The predicted molar refractivity (Wildman–Crippen MR) is 87.0 cm³/mol. The van der Waals surface area contributed by atoms with Crippen molar-refractivity contribution in [3.63, 3.8) is 0 Å². The summed E-state index contributed by atoms with van der Waals surface area (Å²) in [5.41, 5.74) is 1.49. The topological polar surface area (TPSA) is 120 Å². The molecular formula is C15H17N7O3. The summed E-state index contributed by atoms with van der Waals surface area (Å²) in [6, 6.07) is 1.34. The van der Waals surface area contributed by atoms with E-state index < -0.39 is 5.97 Å². The maximum Gasteiger partial charge on any atom is 0.354 e. The molecular weight excluding hydrogens is 326 g/mol. The van der Waals surface area contributed by atoms with Gasteiger partial charge in [-0.2, -0.15) is 15.3 Å². The molecule has 0 bridgehead atoms. The third kappa shape index (κ3) is 3.91. The summed E-state index contributed by atoms with van der Waals surface area (Å²) in [5, 5.41) is 23.9. The molecule has 3 rings (SSSR count). The van der Waals surface area contributed by atoms with Gasteiger partial charge in [0.15, 0.2) is 0 Å². The van der Waals surface area contributed by atoms with E-state index in [-0.39, 0.29) is 18.1 Å². The van der Waals surface area contributed by atoms with Gasteiger partial charge in [-0.1, -0.05) is 0 Å². The van der Waals surface area contributed by atoms with Gasteiger partial charge >= 0.3 is 5.97 Å². The van der Waals surface area contributed by atoms with Gasteiger partial charge in [0.2, 0.25) is 5.91 Å². The van der Waals surface area contributed by atoms with Gasteiger partial charge in [0.05, 0.1) is 24.6 Å². The van der Waals surface area contributed by atoms with Crippen molar-refractivity contribution in [3.05, 3.63) is 48.3 Å². The Labute approximate surface area is 142 Å². The quantitative estimate of drug-likeness (QED) is 0.651. The summed E-state index contributed by atoms with van der Waals surface area (Å²) in [6.45, 7) is 3.15. The number of nitrogens with zero attached hydrogens (tertiary/aromatic N) is 6. The molecule has 0 radical (unpaired) electrons. The number of carbonyl (C=O) groups excluding carboxylic acids is 1. The van der Waals surface area contributed by atoms with Crippen LogP contribution in [0.2, 0.25) is 0 Å². The van der Waals surface area contributed by atoms with Crippen LogP contribution in [0, 0.1) is 0 Å². The van der Waals surface area contributed by atoms with E-state index in [1.807, 2.05) is 17.8 Å². The van der Waals surface area contributed by atoms with Crippen molar-refractivity contribution in [2.45, 2.75) is 26.6 Å². The fraction of sp³-hybridized carbons (Fsp3) is 0.267. The SMILES string of the molecule is CCn1cc(Cn2cc(NC(=O)Cn3nccc3C(=O)O)cn2)cn1. The summed E-state index contributed by atoms with van der Waals surface area (Å²) in [5.74, 6) is -1.52. The summed E-state index contributed by atoms with van der Waals surface area (Å²) in [4.78, 5) is 23.1. The number of carboxylic acid groups (broad SMARTS) is 1. The second kappa shape index (κ2) is 6.99. The summed E-state index contributed by atoms with van der Waals surface area (Å²) < 4.78 is 4.64. The molecule has 0 aromatic carbocycles. The Morgan fingerprint density at radius 3 is 2.68 bits per heavy atom. The van der Waals surface area contributed by atoms with Crippen LogP contribution in [0.1, 0.15) is 23.0 Å². The molecule has 3 aromatic rings. The Morgan fingerprint density at radius 2 is 1.96 bits per heavy atom. The van der Waals surface area contributed by atoms with E-state index in [0.717, 1.165) is 16.8 Å². The first-order valence-electron chi connectivity index (χ1n) is 7.64. The van der Waals surface area contributed by atoms with Crippen LogP contribution in [0.4, 0.5) is 5.69 Å². The molecule has 2 N–H and O–H groups in total. The fourth-order valence-electron chi connectivity index (χ4n) is 2.34. The zero-order chi connectivity index (χ0) is 17.8. The molecule has 0 aliphatic rings. The molecule has 10 nitrogen and oxygen atoms in total. The highest BCUT2D eigenvalue weighted by molar-refractivity contribution is 5.91. The van der Waals surface area contributed by atoms with Gasteiger partial charge in [0.25, 0.3) is 0 Å². The predicted octanol–water partition coefficient (Wildman–Crippen LogP) is 0.681. The first-order valence-corrected chi connectivity index (χ1v) is 7.64. The number of carbonyl (C=O) groups is 2. The lowest BCUT2D eigenvalue weighted by atomic mass is 10.4. The molecule has 130 valence electrons. The van der Waals surface area contributed by atoms with Crippen LogP contribution in [0.3, 0.4) is 0 Å². The van der Waals surface area contributed by atoms with Crippen LogP contribution < -0.4 is 5.32 Å². The van der Waals surface area contributed by atoms with Gasteiger partial charge in [-0.05, 0) is 13.0 Å². The molecule has 0 atom stereocenters. The van der Waals surface area contributed by atoms with Crippen LogP contribution in [-0.4, -0.2) is 46.3 Å². The molecule has 0 saturated heterocycles. The molecule has 25 heavy (non-hydrogen) atoms.